The van der Waals surface area contributed by atoms with Crippen molar-refractivity contribution < 1.29 is 9.53 Å². The Balaban J connectivity index is 2.21. The van der Waals surface area contributed by atoms with Gasteiger partial charge in [-0.3, -0.25) is 4.79 Å². The summed E-state index contributed by atoms with van der Waals surface area (Å²) in [6.07, 6.45) is 3.57. The highest BCUT2D eigenvalue weighted by Crippen LogP contribution is 2.22. The summed E-state index contributed by atoms with van der Waals surface area (Å²) in [5, 5.41) is 11.9. The van der Waals surface area contributed by atoms with Gasteiger partial charge in [-0.05, 0) is 31.9 Å². The molecule has 2 rings (SSSR count). The second-order valence-corrected chi connectivity index (χ2v) is 4.39. The Hall–Kier alpha value is -2.28. The van der Waals surface area contributed by atoms with Gasteiger partial charge in [-0.2, -0.15) is 5.26 Å². The molecule has 0 aromatic heterocycles. The number of ether oxygens (including phenoxy) is 1. The van der Waals surface area contributed by atoms with Crippen molar-refractivity contribution in [1.82, 2.24) is 5.32 Å². The molecule has 0 aliphatic heterocycles. The smallest absolute Gasteiger partial charge is 0.262 e. The third-order valence-electron chi connectivity index (χ3n) is 2.80. The summed E-state index contributed by atoms with van der Waals surface area (Å²) in [6, 6.07) is 9.55. The van der Waals surface area contributed by atoms with Crippen molar-refractivity contribution in [3.05, 3.63) is 35.4 Å². The number of nitriles is 1. The fourth-order valence-electron chi connectivity index (χ4n) is 1.68. The van der Waals surface area contributed by atoms with E-state index in [0.29, 0.717) is 12.4 Å². The van der Waals surface area contributed by atoms with Gasteiger partial charge in [0.1, 0.15) is 17.4 Å². The second kappa shape index (κ2) is 6.05. The minimum absolute atomic E-state index is 0.110. The number of nitrogens with zero attached hydrogens (tertiary/aromatic N) is 1. The fourth-order valence-corrected chi connectivity index (χ4v) is 1.68. The molecule has 1 aliphatic carbocycles. The Labute approximate surface area is 112 Å². The molecule has 0 heterocycles. The van der Waals surface area contributed by atoms with Gasteiger partial charge in [-0.1, -0.05) is 18.2 Å². The van der Waals surface area contributed by atoms with Gasteiger partial charge in [-0.25, -0.2) is 0 Å². The summed E-state index contributed by atoms with van der Waals surface area (Å²) in [6.45, 7) is 2.44. The van der Waals surface area contributed by atoms with E-state index in [1.54, 1.807) is 6.08 Å². The van der Waals surface area contributed by atoms with Gasteiger partial charge in [0.25, 0.3) is 5.91 Å². The number of rotatable bonds is 5. The van der Waals surface area contributed by atoms with Crippen molar-refractivity contribution in [2.45, 2.75) is 25.8 Å². The Morgan fingerprint density at radius 3 is 2.89 bits per heavy atom. The number of hydrogen-bond acceptors (Lipinski definition) is 3. The lowest BCUT2D eigenvalue weighted by atomic mass is 10.1. The molecular formula is C15H16N2O2. The normalized spacial score (nSPS) is 14.6. The molecule has 0 saturated heterocycles. The van der Waals surface area contributed by atoms with Gasteiger partial charge < -0.3 is 10.1 Å². The van der Waals surface area contributed by atoms with Gasteiger partial charge in [0.2, 0.25) is 0 Å². The lowest BCUT2D eigenvalue weighted by Gasteiger charge is -2.07. The van der Waals surface area contributed by atoms with Crippen LogP contribution < -0.4 is 10.1 Å². The molecule has 1 aromatic carbocycles. The molecule has 1 N–H and O–H groups in total. The third-order valence-corrected chi connectivity index (χ3v) is 2.80. The van der Waals surface area contributed by atoms with Crippen LogP contribution in [0.15, 0.2) is 29.8 Å². The lowest BCUT2D eigenvalue weighted by molar-refractivity contribution is -0.117. The van der Waals surface area contributed by atoms with Crippen molar-refractivity contribution in [2.24, 2.45) is 0 Å². The van der Waals surface area contributed by atoms with Crippen molar-refractivity contribution in [2.75, 3.05) is 6.61 Å². The average Bonchev–Trinajstić information content (AvgIpc) is 3.21. The third kappa shape index (κ3) is 3.59. The van der Waals surface area contributed by atoms with Crippen molar-refractivity contribution in [3.63, 3.8) is 0 Å². The van der Waals surface area contributed by atoms with Crippen molar-refractivity contribution in [3.8, 4) is 11.8 Å². The van der Waals surface area contributed by atoms with Gasteiger partial charge >= 0.3 is 0 Å². The van der Waals surface area contributed by atoms with Gasteiger partial charge in [0.05, 0.1) is 6.61 Å². The van der Waals surface area contributed by atoms with Crippen LogP contribution in [0.5, 0.6) is 5.75 Å². The maximum Gasteiger partial charge on any atom is 0.262 e. The first kappa shape index (κ1) is 13.2. The number of benzene rings is 1. The highest BCUT2D eigenvalue weighted by Gasteiger charge is 2.24. The molecule has 4 nitrogen and oxygen atoms in total. The summed E-state index contributed by atoms with van der Waals surface area (Å²) in [5.74, 6) is 0.369. The SMILES string of the molecule is CCOc1ccccc1/C=C(\C#N)C(=O)NC1CC1. The van der Waals surface area contributed by atoms with E-state index < -0.39 is 0 Å². The summed E-state index contributed by atoms with van der Waals surface area (Å²) >= 11 is 0. The Bertz CT molecular complexity index is 539. The van der Waals surface area contributed by atoms with Crippen LogP contribution in [-0.2, 0) is 4.79 Å². The van der Waals surface area contributed by atoms with E-state index in [1.165, 1.54) is 0 Å². The molecule has 0 spiro atoms. The highest BCUT2D eigenvalue weighted by molar-refractivity contribution is 6.02. The first-order valence-electron chi connectivity index (χ1n) is 6.39. The fraction of sp³-hybridized carbons (Fsp3) is 0.333. The Morgan fingerprint density at radius 1 is 1.53 bits per heavy atom. The summed E-state index contributed by atoms with van der Waals surface area (Å²) in [4.78, 5) is 11.9. The maximum absolute atomic E-state index is 11.9. The van der Waals surface area contributed by atoms with E-state index in [0.717, 1.165) is 18.4 Å². The van der Waals surface area contributed by atoms with Crippen LogP contribution in [-0.4, -0.2) is 18.6 Å². The van der Waals surface area contributed by atoms with Gasteiger partial charge in [0, 0.05) is 11.6 Å². The van der Waals surface area contributed by atoms with Crippen LogP contribution in [0.1, 0.15) is 25.3 Å². The molecule has 0 atom stereocenters. The lowest BCUT2D eigenvalue weighted by Crippen LogP contribution is -2.26. The molecule has 0 radical (unpaired) electrons. The monoisotopic (exact) mass is 256 g/mol. The number of para-hydroxylation sites is 1. The molecule has 98 valence electrons. The van der Waals surface area contributed by atoms with Gasteiger partial charge in [-0.15, -0.1) is 0 Å². The van der Waals surface area contributed by atoms with Crippen molar-refractivity contribution in [1.29, 1.82) is 5.26 Å². The molecule has 19 heavy (non-hydrogen) atoms. The van der Waals surface area contributed by atoms with Crippen LogP contribution in [0, 0.1) is 11.3 Å². The molecule has 1 aliphatic rings. The molecule has 4 heteroatoms. The predicted molar refractivity (Wildman–Crippen MR) is 72.4 cm³/mol. The first-order chi connectivity index (χ1) is 9.24. The van der Waals surface area contributed by atoms with Crippen LogP contribution in [0.4, 0.5) is 0 Å². The zero-order valence-electron chi connectivity index (χ0n) is 10.8. The van der Waals surface area contributed by atoms with E-state index in [-0.39, 0.29) is 17.5 Å². The Kier molecular flexibility index (Phi) is 4.19. The second-order valence-electron chi connectivity index (χ2n) is 4.39. The molecule has 0 unspecified atom stereocenters. The quantitative estimate of drug-likeness (QED) is 0.649. The summed E-state index contributed by atoms with van der Waals surface area (Å²) in [7, 11) is 0. The van der Waals surface area contributed by atoms with E-state index >= 15 is 0 Å². The average molecular weight is 256 g/mol. The minimum Gasteiger partial charge on any atom is -0.493 e. The number of carbonyl (C=O) groups excluding carboxylic acids is 1. The zero-order valence-corrected chi connectivity index (χ0v) is 10.8. The van der Waals surface area contributed by atoms with E-state index in [9.17, 15) is 4.79 Å². The van der Waals surface area contributed by atoms with E-state index in [2.05, 4.69) is 5.32 Å². The maximum atomic E-state index is 11.9. The highest BCUT2D eigenvalue weighted by atomic mass is 16.5. The standard InChI is InChI=1S/C15H16N2O2/c1-2-19-14-6-4-3-5-11(14)9-12(10-16)15(18)17-13-7-8-13/h3-6,9,13H,2,7-8H2,1H3,(H,17,18)/b12-9+. The van der Waals surface area contributed by atoms with Crippen LogP contribution in [0.3, 0.4) is 0 Å². The number of amides is 1. The molecular weight excluding hydrogens is 240 g/mol. The van der Waals surface area contributed by atoms with E-state index in [1.807, 2.05) is 37.3 Å². The van der Waals surface area contributed by atoms with Crippen molar-refractivity contribution >= 4 is 12.0 Å². The van der Waals surface area contributed by atoms with Crippen LogP contribution >= 0.6 is 0 Å². The number of carbonyl (C=O) groups is 1. The van der Waals surface area contributed by atoms with Gasteiger partial charge in [0.15, 0.2) is 0 Å². The van der Waals surface area contributed by atoms with E-state index in [4.69, 9.17) is 10.00 Å². The first-order valence-corrected chi connectivity index (χ1v) is 6.39. The number of hydrogen-bond donors (Lipinski definition) is 1. The molecule has 1 saturated carbocycles. The molecule has 1 aromatic rings. The minimum atomic E-state index is -0.309. The Morgan fingerprint density at radius 2 is 2.26 bits per heavy atom. The topological polar surface area (TPSA) is 62.1 Å². The molecule has 0 bridgehead atoms. The van der Waals surface area contributed by atoms with Crippen LogP contribution in [0.2, 0.25) is 0 Å². The predicted octanol–water partition coefficient (Wildman–Crippen LogP) is 2.27. The van der Waals surface area contributed by atoms with Crippen LogP contribution in [0.25, 0.3) is 6.08 Å². The number of nitrogens with one attached hydrogen (secondary N) is 1. The largest absolute Gasteiger partial charge is 0.493 e. The summed E-state index contributed by atoms with van der Waals surface area (Å²) < 4.78 is 5.47. The molecule has 1 fully saturated rings. The zero-order chi connectivity index (χ0) is 13.7. The molecule has 1 amide bonds. The summed E-state index contributed by atoms with van der Waals surface area (Å²) in [5.41, 5.74) is 0.853.